The number of sulfonamides is 1. The SMILES string of the molecule is CCC(C#N)Oc1cc(C(C)C)c(S(N)(=O)=O)cc1C. The number of nitrogens with zero attached hydrogens (tertiary/aromatic N) is 1. The lowest BCUT2D eigenvalue weighted by molar-refractivity contribution is 0.249. The third-order valence-corrected chi connectivity index (χ3v) is 3.99. The Morgan fingerprint density at radius 3 is 2.40 bits per heavy atom. The Kier molecular flexibility index (Phi) is 5.15. The van der Waals surface area contributed by atoms with Gasteiger partial charge in [0, 0.05) is 0 Å². The molecule has 0 heterocycles. The van der Waals surface area contributed by atoms with Gasteiger partial charge in [-0.15, -0.1) is 0 Å². The number of nitrogens with two attached hydrogens (primary N) is 1. The van der Waals surface area contributed by atoms with Crippen molar-refractivity contribution in [1.29, 1.82) is 5.26 Å². The van der Waals surface area contributed by atoms with Crippen LogP contribution in [0, 0.1) is 18.3 Å². The number of rotatable bonds is 5. The molecule has 1 unspecified atom stereocenters. The minimum atomic E-state index is -3.78. The molecule has 1 aromatic rings. The maximum absolute atomic E-state index is 11.6. The van der Waals surface area contributed by atoms with E-state index in [1.54, 1.807) is 13.0 Å². The zero-order valence-corrected chi connectivity index (χ0v) is 13.0. The number of hydrogen-bond acceptors (Lipinski definition) is 4. The third kappa shape index (κ3) is 3.71. The Balaban J connectivity index is 3.39. The summed E-state index contributed by atoms with van der Waals surface area (Å²) in [5.41, 5.74) is 1.24. The molecule has 0 spiro atoms. The van der Waals surface area contributed by atoms with E-state index in [0.717, 1.165) is 0 Å². The minimum absolute atomic E-state index is 0.0200. The van der Waals surface area contributed by atoms with Gasteiger partial charge in [-0.25, -0.2) is 13.6 Å². The molecule has 1 aromatic carbocycles. The molecule has 0 aliphatic rings. The molecule has 0 aliphatic carbocycles. The molecule has 1 rings (SSSR count). The summed E-state index contributed by atoms with van der Waals surface area (Å²) in [6.07, 6.45) is 0.0122. The molecule has 1 atom stereocenters. The molecule has 0 radical (unpaired) electrons. The van der Waals surface area contributed by atoms with Gasteiger partial charge in [0.05, 0.1) is 4.90 Å². The highest BCUT2D eigenvalue weighted by atomic mass is 32.2. The van der Waals surface area contributed by atoms with E-state index in [9.17, 15) is 8.42 Å². The molecule has 2 N–H and O–H groups in total. The summed E-state index contributed by atoms with van der Waals surface area (Å²) >= 11 is 0. The van der Waals surface area contributed by atoms with E-state index in [4.69, 9.17) is 15.1 Å². The highest BCUT2D eigenvalue weighted by Crippen LogP contribution is 2.31. The quantitative estimate of drug-likeness (QED) is 0.903. The molecular formula is C14H20N2O3S. The van der Waals surface area contributed by atoms with Crippen molar-refractivity contribution >= 4 is 10.0 Å². The third-order valence-electron chi connectivity index (χ3n) is 3.02. The summed E-state index contributed by atoms with van der Waals surface area (Å²) in [4.78, 5) is 0.113. The summed E-state index contributed by atoms with van der Waals surface area (Å²) < 4.78 is 28.9. The lowest BCUT2D eigenvalue weighted by Gasteiger charge is -2.18. The van der Waals surface area contributed by atoms with Crippen molar-refractivity contribution < 1.29 is 13.2 Å². The second kappa shape index (κ2) is 6.25. The molecule has 0 saturated carbocycles. The molecule has 0 fully saturated rings. The van der Waals surface area contributed by atoms with Gasteiger partial charge in [-0.3, -0.25) is 0 Å². The van der Waals surface area contributed by atoms with Gasteiger partial charge in [0.15, 0.2) is 6.10 Å². The van der Waals surface area contributed by atoms with Crippen molar-refractivity contribution in [3.8, 4) is 11.8 Å². The summed E-state index contributed by atoms with van der Waals surface area (Å²) in [7, 11) is -3.78. The zero-order chi connectivity index (χ0) is 15.5. The normalized spacial score (nSPS) is 13.1. The molecule has 0 aromatic heterocycles. The number of aryl methyl sites for hydroxylation is 1. The predicted molar refractivity (Wildman–Crippen MR) is 77.0 cm³/mol. The van der Waals surface area contributed by atoms with Gasteiger partial charge in [-0.2, -0.15) is 5.26 Å². The lowest BCUT2D eigenvalue weighted by atomic mass is 10.0. The van der Waals surface area contributed by atoms with Crippen LogP contribution < -0.4 is 9.88 Å². The van der Waals surface area contributed by atoms with Crippen LogP contribution in [0.3, 0.4) is 0 Å². The number of nitriles is 1. The van der Waals surface area contributed by atoms with Crippen LogP contribution in [0.4, 0.5) is 0 Å². The zero-order valence-electron chi connectivity index (χ0n) is 12.2. The average molecular weight is 296 g/mol. The number of hydrogen-bond donors (Lipinski definition) is 1. The van der Waals surface area contributed by atoms with Crippen molar-refractivity contribution in [2.24, 2.45) is 5.14 Å². The van der Waals surface area contributed by atoms with Gasteiger partial charge in [0.2, 0.25) is 10.0 Å². The Labute approximate surface area is 120 Å². The van der Waals surface area contributed by atoms with Gasteiger partial charge < -0.3 is 4.74 Å². The fraction of sp³-hybridized carbons (Fsp3) is 0.500. The van der Waals surface area contributed by atoms with Crippen molar-refractivity contribution in [2.45, 2.75) is 51.0 Å². The monoisotopic (exact) mass is 296 g/mol. The van der Waals surface area contributed by atoms with Crippen LogP contribution in [0.25, 0.3) is 0 Å². The van der Waals surface area contributed by atoms with Crippen molar-refractivity contribution in [1.82, 2.24) is 0 Å². The Morgan fingerprint density at radius 1 is 1.40 bits per heavy atom. The van der Waals surface area contributed by atoms with Crippen LogP contribution in [0.15, 0.2) is 17.0 Å². The van der Waals surface area contributed by atoms with Crippen LogP contribution in [-0.2, 0) is 10.0 Å². The van der Waals surface area contributed by atoms with Crippen LogP contribution >= 0.6 is 0 Å². The fourth-order valence-corrected chi connectivity index (χ4v) is 2.82. The fourth-order valence-electron chi connectivity index (χ4n) is 1.86. The first-order valence-corrected chi connectivity index (χ1v) is 7.99. The number of ether oxygens (including phenoxy) is 1. The molecule has 0 saturated heterocycles. The van der Waals surface area contributed by atoms with E-state index in [-0.39, 0.29) is 10.8 Å². The largest absolute Gasteiger partial charge is 0.475 e. The number of benzene rings is 1. The second-order valence-corrected chi connectivity index (χ2v) is 6.53. The van der Waals surface area contributed by atoms with Crippen LogP contribution in [0.5, 0.6) is 5.75 Å². The van der Waals surface area contributed by atoms with Crippen molar-refractivity contribution in [3.05, 3.63) is 23.3 Å². The highest BCUT2D eigenvalue weighted by Gasteiger charge is 2.20. The molecule has 0 bridgehead atoms. The van der Waals surface area contributed by atoms with Gasteiger partial charge in [0.25, 0.3) is 0 Å². The topological polar surface area (TPSA) is 93.2 Å². The highest BCUT2D eigenvalue weighted by molar-refractivity contribution is 7.89. The Bertz CT molecular complexity index is 631. The van der Waals surface area contributed by atoms with Gasteiger partial charge in [-0.05, 0) is 42.5 Å². The van der Waals surface area contributed by atoms with E-state index in [2.05, 4.69) is 6.07 Å². The first-order chi connectivity index (χ1) is 9.20. The maximum atomic E-state index is 11.6. The van der Waals surface area contributed by atoms with Crippen LogP contribution in [0.1, 0.15) is 44.2 Å². The molecular weight excluding hydrogens is 276 g/mol. The van der Waals surface area contributed by atoms with E-state index in [1.165, 1.54) is 6.07 Å². The molecule has 0 aliphatic heterocycles. The van der Waals surface area contributed by atoms with E-state index >= 15 is 0 Å². The predicted octanol–water partition coefficient (Wildman–Crippen LogP) is 2.45. The van der Waals surface area contributed by atoms with Crippen LogP contribution in [-0.4, -0.2) is 14.5 Å². The Hall–Kier alpha value is -1.58. The van der Waals surface area contributed by atoms with Gasteiger partial charge in [-0.1, -0.05) is 20.8 Å². The van der Waals surface area contributed by atoms with Crippen molar-refractivity contribution in [3.63, 3.8) is 0 Å². The second-order valence-electron chi connectivity index (χ2n) is 5.00. The van der Waals surface area contributed by atoms with Gasteiger partial charge in [0.1, 0.15) is 11.8 Å². The lowest BCUT2D eigenvalue weighted by Crippen LogP contribution is -2.17. The van der Waals surface area contributed by atoms with E-state index < -0.39 is 16.1 Å². The summed E-state index contributed by atoms with van der Waals surface area (Å²) in [5.74, 6) is 0.503. The van der Waals surface area contributed by atoms with E-state index in [0.29, 0.717) is 23.3 Å². The summed E-state index contributed by atoms with van der Waals surface area (Å²) in [6.45, 7) is 7.35. The molecule has 110 valence electrons. The molecule has 20 heavy (non-hydrogen) atoms. The number of primary sulfonamides is 1. The smallest absolute Gasteiger partial charge is 0.238 e. The van der Waals surface area contributed by atoms with Gasteiger partial charge >= 0.3 is 0 Å². The average Bonchev–Trinajstić information content (AvgIpc) is 2.35. The first kappa shape index (κ1) is 16.5. The Morgan fingerprint density at radius 2 is 2.00 bits per heavy atom. The van der Waals surface area contributed by atoms with Crippen molar-refractivity contribution in [2.75, 3.05) is 0 Å². The molecule has 6 heteroatoms. The van der Waals surface area contributed by atoms with Crippen LogP contribution in [0.2, 0.25) is 0 Å². The standard InChI is InChI=1S/C14H20N2O3S/c1-5-11(8-15)19-13-7-12(9(2)3)14(6-10(13)4)20(16,17)18/h6-7,9,11H,5H2,1-4H3,(H2,16,17,18). The summed E-state index contributed by atoms with van der Waals surface area (Å²) in [5, 5.41) is 14.2. The molecule has 0 amide bonds. The first-order valence-electron chi connectivity index (χ1n) is 6.44. The van der Waals surface area contributed by atoms with E-state index in [1.807, 2.05) is 20.8 Å². The summed E-state index contributed by atoms with van der Waals surface area (Å²) in [6, 6.07) is 5.23. The maximum Gasteiger partial charge on any atom is 0.238 e. The molecule has 5 nitrogen and oxygen atoms in total. The minimum Gasteiger partial charge on any atom is -0.475 e.